The largest absolute Gasteiger partial charge is 0.460 e. The van der Waals surface area contributed by atoms with Crippen molar-refractivity contribution in [1.82, 2.24) is 0 Å². The molecule has 0 heterocycles. The van der Waals surface area contributed by atoms with Gasteiger partial charge in [0.15, 0.2) is 0 Å². The van der Waals surface area contributed by atoms with Crippen LogP contribution >= 0.6 is 0 Å². The molecule has 0 rings (SSSR count). The quantitative estimate of drug-likeness (QED) is 0.248. The first-order valence-corrected chi connectivity index (χ1v) is 6.44. The van der Waals surface area contributed by atoms with Gasteiger partial charge in [-0.1, -0.05) is 25.8 Å². The first-order valence-electron chi connectivity index (χ1n) is 6.44. The molecular formula is C12H11F13. The summed E-state index contributed by atoms with van der Waals surface area (Å²) in [6, 6.07) is 0. The van der Waals surface area contributed by atoms with Gasteiger partial charge in [0.2, 0.25) is 0 Å². The van der Waals surface area contributed by atoms with E-state index in [4.69, 9.17) is 0 Å². The van der Waals surface area contributed by atoms with Crippen molar-refractivity contribution in [1.29, 1.82) is 0 Å². The molecule has 0 aliphatic heterocycles. The summed E-state index contributed by atoms with van der Waals surface area (Å²) in [7, 11) is 0. The van der Waals surface area contributed by atoms with E-state index in [1.165, 1.54) is 6.92 Å². The van der Waals surface area contributed by atoms with E-state index in [0.29, 0.717) is 6.42 Å². The van der Waals surface area contributed by atoms with Gasteiger partial charge in [-0.05, 0) is 12.5 Å². The molecular weight excluding hydrogens is 391 g/mol. The van der Waals surface area contributed by atoms with Crippen LogP contribution in [-0.2, 0) is 0 Å². The van der Waals surface area contributed by atoms with E-state index < -0.39 is 41.9 Å². The molecule has 0 spiro atoms. The van der Waals surface area contributed by atoms with Crippen LogP contribution in [0.25, 0.3) is 0 Å². The molecule has 0 atom stereocenters. The Morgan fingerprint density at radius 3 is 1.36 bits per heavy atom. The lowest BCUT2D eigenvalue weighted by atomic mass is 9.93. The molecule has 0 bridgehead atoms. The molecule has 25 heavy (non-hydrogen) atoms. The molecule has 0 aliphatic rings. The summed E-state index contributed by atoms with van der Waals surface area (Å²) in [6.07, 6.45) is -8.04. The Labute approximate surface area is 132 Å². The number of halogens is 13. The number of rotatable bonds is 8. The van der Waals surface area contributed by atoms with Crippen molar-refractivity contribution in [3.63, 3.8) is 0 Å². The van der Waals surface area contributed by atoms with E-state index in [1.54, 1.807) is 0 Å². The Morgan fingerprint density at radius 1 is 0.600 bits per heavy atom. The summed E-state index contributed by atoms with van der Waals surface area (Å²) in [4.78, 5) is 0. The van der Waals surface area contributed by atoms with Gasteiger partial charge >= 0.3 is 35.8 Å². The molecule has 0 aromatic carbocycles. The predicted octanol–water partition coefficient (Wildman–Crippen LogP) is 6.47. The third kappa shape index (κ3) is 3.83. The van der Waals surface area contributed by atoms with E-state index in [-0.39, 0.29) is 18.9 Å². The van der Waals surface area contributed by atoms with Crippen molar-refractivity contribution in [3.8, 4) is 0 Å². The molecule has 0 aliphatic carbocycles. The fraction of sp³-hybridized carbons (Fsp3) is 0.833. The highest BCUT2D eigenvalue weighted by Crippen LogP contribution is 2.60. The maximum Gasteiger partial charge on any atom is 0.460 e. The zero-order valence-electron chi connectivity index (χ0n) is 12.2. The number of unbranched alkanes of at least 4 members (excludes halogenated alkanes) is 2. The van der Waals surface area contributed by atoms with Crippen molar-refractivity contribution in [3.05, 3.63) is 12.2 Å². The normalized spacial score (nSPS) is 15.9. The third-order valence-electron chi connectivity index (χ3n) is 3.01. The SMILES string of the molecule is CCCC/C=C/C(F)(F)C(F)(F)C(F)(F)C(F)(F)C(F)(F)C(F)(F)F. The topological polar surface area (TPSA) is 0 Å². The monoisotopic (exact) mass is 402 g/mol. The van der Waals surface area contributed by atoms with Gasteiger partial charge in [-0.2, -0.15) is 57.1 Å². The van der Waals surface area contributed by atoms with Crippen LogP contribution in [0.2, 0.25) is 0 Å². The Hall–Kier alpha value is -1.17. The highest BCUT2D eigenvalue weighted by atomic mass is 19.4. The van der Waals surface area contributed by atoms with E-state index in [2.05, 4.69) is 0 Å². The molecule has 0 fully saturated rings. The maximum atomic E-state index is 13.2. The van der Waals surface area contributed by atoms with Gasteiger partial charge in [0, 0.05) is 0 Å². The highest BCUT2D eigenvalue weighted by Gasteiger charge is 2.90. The van der Waals surface area contributed by atoms with Crippen LogP contribution in [0.15, 0.2) is 12.2 Å². The molecule has 0 saturated heterocycles. The first kappa shape index (κ1) is 23.8. The molecule has 0 nitrogen and oxygen atoms in total. The standard InChI is InChI=1S/C12H11F13/c1-2-3-4-5-6-7(13,14)8(15,16)9(17,18)10(19,20)11(21,22)12(23,24)25/h5-6H,2-4H2,1H3/b6-5+. The number of hydrogen-bond acceptors (Lipinski definition) is 0. The molecule has 0 saturated carbocycles. The van der Waals surface area contributed by atoms with Crippen LogP contribution in [0.4, 0.5) is 57.1 Å². The van der Waals surface area contributed by atoms with Gasteiger partial charge in [-0.25, -0.2) is 0 Å². The Bertz CT molecular complexity index is 472. The fourth-order valence-electron chi connectivity index (χ4n) is 1.44. The van der Waals surface area contributed by atoms with Crippen LogP contribution in [0.1, 0.15) is 26.2 Å². The van der Waals surface area contributed by atoms with Crippen molar-refractivity contribution in [2.45, 2.75) is 62.0 Å². The summed E-state index contributed by atoms with van der Waals surface area (Å²) in [5.74, 6) is -36.6. The summed E-state index contributed by atoms with van der Waals surface area (Å²) in [6.45, 7) is 1.52. The molecule has 0 N–H and O–H groups in total. The van der Waals surface area contributed by atoms with Gasteiger partial charge in [0.1, 0.15) is 0 Å². The lowest BCUT2D eigenvalue weighted by molar-refractivity contribution is -0.436. The number of hydrogen-bond donors (Lipinski definition) is 0. The van der Waals surface area contributed by atoms with Crippen molar-refractivity contribution < 1.29 is 57.1 Å². The molecule has 0 aromatic rings. The molecule has 13 heteroatoms. The minimum atomic E-state index is -7.84. The summed E-state index contributed by atoms with van der Waals surface area (Å²) in [5, 5.41) is 0. The van der Waals surface area contributed by atoms with E-state index in [9.17, 15) is 57.1 Å². The van der Waals surface area contributed by atoms with Gasteiger partial charge < -0.3 is 0 Å². The van der Waals surface area contributed by atoms with Crippen LogP contribution in [0.5, 0.6) is 0 Å². The highest BCUT2D eigenvalue weighted by molar-refractivity contribution is 5.15. The zero-order chi connectivity index (χ0) is 20.5. The third-order valence-corrected chi connectivity index (χ3v) is 3.01. The van der Waals surface area contributed by atoms with E-state index >= 15 is 0 Å². The summed E-state index contributed by atoms with van der Waals surface area (Å²) in [5.41, 5.74) is 0. The smallest absolute Gasteiger partial charge is 0.195 e. The van der Waals surface area contributed by atoms with Gasteiger partial charge in [-0.15, -0.1) is 0 Å². The zero-order valence-corrected chi connectivity index (χ0v) is 12.2. The molecule has 150 valence electrons. The molecule has 0 amide bonds. The first-order chi connectivity index (χ1) is 10.8. The molecule has 0 aromatic heterocycles. The van der Waals surface area contributed by atoms with Crippen LogP contribution < -0.4 is 0 Å². The Morgan fingerprint density at radius 2 is 1.00 bits per heavy atom. The van der Waals surface area contributed by atoms with E-state index in [1.807, 2.05) is 0 Å². The lowest BCUT2D eigenvalue weighted by Gasteiger charge is -2.39. The van der Waals surface area contributed by atoms with Crippen molar-refractivity contribution in [2.75, 3.05) is 0 Å². The van der Waals surface area contributed by atoms with Crippen LogP contribution in [-0.4, -0.2) is 35.8 Å². The maximum absolute atomic E-state index is 13.2. The summed E-state index contributed by atoms with van der Waals surface area (Å²) >= 11 is 0. The van der Waals surface area contributed by atoms with Crippen LogP contribution in [0, 0.1) is 0 Å². The molecule has 0 radical (unpaired) electrons. The predicted molar refractivity (Wildman–Crippen MR) is 59.5 cm³/mol. The fourth-order valence-corrected chi connectivity index (χ4v) is 1.44. The Balaban J connectivity index is 5.99. The average molecular weight is 402 g/mol. The van der Waals surface area contributed by atoms with Gasteiger partial charge in [0.25, 0.3) is 0 Å². The summed E-state index contributed by atoms with van der Waals surface area (Å²) < 4.78 is 165. The van der Waals surface area contributed by atoms with Crippen LogP contribution in [0.3, 0.4) is 0 Å². The van der Waals surface area contributed by atoms with E-state index in [0.717, 1.165) is 0 Å². The number of allylic oxidation sites excluding steroid dienone is 2. The van der Waals surface area contributed by atoms with Gasteiger partial charge in [0.05, 0.1) is 0 Å². The minimum Gasteiger partial charge on any atom is -0.195 e. The van der Waals surface area contributed by atoms with Crippen molar-refractivity contribution >= 4 is 0 Å². The average Bonchev–Trinajstić information content (AvgIpc) is 2.41. The second-order valence-corrected chi connectivity index (χ2v) is 4.96. The second-order valence-electron chi connectivity index (χ2n) is 4.96. The lowest BCUT2D eigenvalue weighted by Crippen LogP contribution is -2.69. The number of alkyl halides is 13. The van der Waals surface area contributed by atoms with Crippen molar-refractivity contribution in [2.24, 2.45) is 0 Å². The Kier molecular flexibility index (Phi) is 6.54. The minimum absolute atomic E-state index is 0.108. The van der Waals surface area contributed by atoms with Gasteiger partial charge in [-0.3, -0.25) is 0 Å². The second kappa shape index (κ2) is 6.86. The molecule has 0 unspecified atom stereocenters.